The van der Waals surface area contributed by atoms with Gasteiger partial charge in [-0.3, -0.25) is 4.72 Å². The fourth-order valence-corrected chi connectivity index (χ4v) is 5.10. The van der Waals surface area contributed by atoms with E-state index in [1.165, 1.54) is 56.5 Å². The molecule has 3 nitrogen and oxygen atoms in total. The third-order valence-electron chi connectivity index (χ3n) is 5.60. The summed E-state index contributed by atoms with van der Waals surface area (Å²) in [5.74, 6) is 0.616. The monoisotopic (exact) mass is 439 g/mol. The highest BCUT2D eigenvalue weighted by Gasteiger charge is 2.16. The molecule has 162 valence electrons. The van der Waals surface area contributed by atoms with Crippen molar-refractivity contribution < 1.29 is 0 Å². The second kappa shape index (κ2) is 9.17. The van der Waals surface area contributed by atoms with Crippen LogP contribution in [-0.2, 0) is 0 Å². The van der Waals surface area contributed by atoms with Crippen LogP contribution < -0.4 is 4.72 Å². The largest absolute Gasteiger partial charge is 0.294 e. The summed E-state index contributed by atoms with van der Waals surface area (Å²) >= 11 is 1.53. The summed E-state index contributed by atoms with van der Waals surface area (Å²) in [5.41, 5.74) is 11.7. The van der Waals surface area contributed by atoms with Gasteiger partial charge in [0.25, 0.3) is 0 Å². The first-order chi connectivity index (χ1) is 15.3. The molecule has 0 amide bonds. The number of nitrogens with one attached hydrogen (secondary N) is 1. The summed E-state index contributed by atoms with van der Waals surface area (Å²) in [6.45, 7) is 12.9. The Morgan fingerprint density at radius 2 is 1.03 bits per heavy atom. The van der Waals surface area contributed by atoms with Crippen molar-refractivity contribution in [3.05, 3.63) is 94.0 Å². The Morgan fingerprint density at radius 3 is 1.47 bits per heavy atom. The number of aryl methyl sites for hydroxylation is 6. The summed E-state index contributed by atoms with van der Waals surface area (Å²) in [6, 6.07) is 21.2. The zero-order valence-corrected chi connectivity index (χ0v) is 20.4. The Hall–Kier alpha value is -3.11. The molecule has 1 N–H and O–H groups in total. The summed E-state index contributed by atoms with van der Waals surface area (Å²) in [4.78, 5) is 11.0. The topological polar surface area (TPSA) is 37.8 Å². The minimum Gasteiger partial charge on any atom is -0.294 e. The second-order valence-corrected chi connectivity index (χ2v) is 9.41. The molecule has 32 heavy (non-hydrogen) atoms. The smallest absolute Gasteiger partial charge is 0.234 e. The molecule has 4 rings (SSSR count). The van der Waals surface area contributed by atoms with E-state index in [1.54, 1.807) is 0 Å². The van der Waals surface area contributed by atoms with Crippen LogP contribution in [0.3, 0.4) is 0 Å². The minimum absolute atomic E-state index is 0.616. The van der Waals surface area contributed by atoms with Crippen molar-refractivity contribution in [2.75, 3.05) is 4.72 Å². The van der Waals surface area contributed by atoms with Gasteiger partial charge in [-0.15, -0.1) is 0 Å². The van der Waals surface area contributed by atoms with Gasteiger partial charge in [-0.2, -0.15) is 0 Å². The van der Waals surface area contributed by atoms with Crippen molar-refractivity contribution in [2.24, 2.45) is 0 Å². The van der Waals surface area contributed by atoms with Crippen LogP contribution in [0.2, 0.25) is 0 Å². The average Bonchev–Trinajstić information content (AvgIpc) is 2.71. The summed E-state index contributed by atoms with van der Waals surface area (Å²) in [5, 5.41) is 0. The van der Waals surface area contributed by atoms with Crippen molar-refractivity contribution in [2.45, 2.75) is 46.4 Å². The third-order valence-corrected chi connectivity index (χ3v) is 6.39. The van der Waals surface area contributed by atoms with E-state index in [4.69, 9.17) is 9.97 Å². The predicted molar refractivity (Wildman–Crippen MR) is 137 cm³/mol. The molecule has 3 aromatic carbocycles. The van der Waals surface area contributed by atoms with Gasteiger partial charge in [-0.25, -0.2) is 9.97 Å². The lowest BCUT2D eigenvalue weighted by atomic mass is 9.94. The van der Waals surface area contributed by atoms with E-state index in [1.807, 2.05) is 18.2 Å². The number of benzene rings is 3. The lowest BCUT2D eigenvalue weighted by molar-refractivity contribution is 1.17. The Balaban J connectivity index is 1.86. The quantitative estimate of drug-likeness (QED) is 0.322. The van der Waals surface area contributed by atoms with Crippen LogP contribution in [0.1, 0.15) is 33.4 Å². The van der Waals surface area contributed by atoms with Crippen molar-refractivity contribution in [3.8, 4) is 22.5 Å². The number of nitrogens with zero attached hydrogens (tertiary/aromatic N) is 2. The number of hydrogen-bond acceptors (Lipinski definition) is 4. The fraction of sp³-hybridized carbons (Fsp3) is 0.214. The highest BCUT2D eigenvalue weighted by atomic mass is 32.2. The van der Waals surface area contributed by atoms with Gasteiger partial charge in [-0.05, 0) is 93.9 Å². The van der Waals surface area contributed by atoms with Gasteiger partial charge >= 0.3 is 0 Å². The Kier molecular flexibility index (Phi) is 6.33. The molecule has 0 aliphatic carbocycles. The maximum atomic E-state index is 4.93. The Labute approximate surface area is 195 Å². The van der Waals surface area contributed by atoms with Crippen LogP contribution in [0.5, 0.6) is 0 Å². The van der Waals surface area contributed by atoms with Crippen LogP contribution in [0.25, 0.3) is 22.5 Å². The van der Waals surface area contributed by atoms with Gasteiger partial charge in [0.1, 0.15) is 0 Å². The maximum Gasteiger partial charge on any atom is 0.234 e. The molecule has 0 fully saturated rings. The van der Waals surface area contributed by atoms with E-state index in [9.17, 15) is 0 Å². The van der Waals surface area contributed by atoms with Gasteiger partial charge in [0, 0.05) is 16.0 Å². The summed E-state index contributed by atoms with van der Waals surface area (Å²) < 4.78 is 3.38. The van der Waals surface area contributed by atoms with E-state index in [0.29, 0.717) is 5.95 Å². The second-order valence-electron chi connectivity index (χ2n) is 8.53. The molecule has 0 bridgehead atoms. The van der Waals surface area contributed by atoms with E-state index < -0.39 is 0 Å². The summed E-state index contributed by atoms with van der Waals surface area (Å²) in [7, 11) is 0. The van der Waals surface area contributed by atoms with Crippen LogP contribution in [-0.4, -0.2) is 9.97 Å². The number of hydrogen-bond donors (Lipinski definition) is 1. The van der Waals surface area contributed by atoms with Crippen molar-refractivity contribution in [1.82, 2.24) is 9.97 Å². The van der Waals surface area contributed by atoms with Crippen molar-refractivity contribution in [3.63, 3.8) is 0 Å². The molecule has 1 heterocycles. The molecule has 0 saturated carbocycles. The molecule has 0 aliphatic heterocycles. The molecule has 0 saturated heterocycles. The highest BCUT2D eigenvalue weighted by molar-refractivity contribution is 8.00. The lowest BCUT2D eigenvalue weighted by Gasteiger charge is -2.16. The Bertz CT molecular complexity index is 1160. The molecular formula is C28H29N3S. The van der Waals surface area contributed by atoms with Gasteiger partial charge in [0.15, 0.2) is 0 Å². The van der Waals surface area contributed by atoms with Crippen molar-refractivity contribution >= 4 is 17.9 Å². The zero-order chi connectivity index (χ0) is 22.8. The fourth-order valence-electron chi connectivity index (χ4n) is 4.51. The number of anilines is 1. The number of rotatable bonds is 5. The molecule has 0 unspecified atom stereocenters. The van der Waals surface area contributed by atoms with Gasteiger partial charge < -0.3 is 0 Å². The van der Waals surface area contributed by atoms with Gasteiger partial charge in [-0.1, -0.05) is 53.6 Å². The highest BCUT2D eigenvalue weighted by Crippen LogP contribution is 2.34. The molecule has 0 spiro atoms. The van der Waals surface area contributed by atoms with Crippen LogP contribution in [0.4, 0.5) is 5.95 Å². The Morgan fingerprint density at radius 1 is 0.594 bits per heavy atom. The first kappa shape index (κ1) is 22.1. The molecule has 0 atom stereocenters. The molecule has 1 aromatic heterocycles. The maximum absolute atomic E-state index is 4.93. The van der Waals surface area contributed by atoms with Crippen molar-refractivity contribution in [1.29, 1.82) is 0 Å². The van der Waals surface area contributed by atoms with Crippen LogP contribution in [0.15, 0.2) is 65.6 Å². The summed E-state index contributed by atoms with van der Waals surface area (Å²) in [6.07, 6.45) is 0. The average molecular weight is 440 g/mol. The molecular weight excluding hydrogens is 410 g/mol. The molecule has 0 radical (unpaired) electrons. The normalized spacial score (nSPS) is 10.9. The van der Waals surface area contributed by atoms with Crippen LogP contribution >= 0.6 is 11.9 Å². The van der Waals surface area contributed by atoms with E-state index >= 15 is 0 Å². The van der Waals surface area contributed by atoms with Crippen LogP contribution in [0, 0.1) is 41.5 Å². The zero-order valence-electron chi connectivity index (χ0n) is 19.6. The SMILES string of the molecule is Cc1cc(C)c(-c2cc(-c3c(C)cc(C)cc3C)nc(NSc3ccccc3)n2)c(C)c1. The van der Waals surface area contributed by atoms with E-state index in [-0.39, 0.29) is 0 Å². The minimum atomic E-state index is 0.616. The molecule has 4 aromatic rings. The first-order valence-corrected chi connectivity index (χ1v) is 11.7. The number of aromatic nitrogens is 2. The molecule has 0 aliphatic rings. The lowest BCUT2D eigenvalue weighted by Crippen LogP contribution is -2.02. The van der Waals surface area contributed by atoms with E-state index in [0.717, 1.165) is 16.3 Å². The van der Waals surface area contributed by atoms with Gasteiger partial charge in [0.05, 0.1) is 11.4 Å². The first-order valence-electron chi connectivity index (χ1n) is 10.9. The van der Waals surface area contributed by atoms with E-state index in [2.05, 4.69) is 88.7 Å². The third kappa shape index (κ3) is 4.71. The standard InChI is InChI=1S/C28H29N3S/c1-17-12-19(3)26(20(4)13-17)24-16-25(27-21(5)14-18(2)15-22(27)6)30-28(29-24)31-32-23-10-8-7-9-11-23/h7-16H,1-6H3,(H,29,30,31). The predicted octanol–water partition coefficient (Wildman–Crippen LogP) is 7.78. The molecule has 4 heteroatoms. The van der Waals surface area contributed by atoms with Gasteiger partial charge in [0.2, 0.25) is 5.95 Å².